The second kappa shape index (κ2) is 4.92. The molecule has 2 aromatic rings. The predicted molar refractivity (Wildman–Crippen MR) is 80.9 cm³/mol. The number of nitrogens with one attached hydrogen (secondary N) is 2. The van der Waals surface area contributed by atoms with Gasteiger partial charge in [0, 0.05) is 10.6 Å². The quantitative estimate of drug-likeness (QED) is 0.851. The van der Waals surface area contributed by atoms with Crippen molar-refractivity contribution in [3.8, 4) is 11.1 Å². The van der Waals surface area contributed by atoms with Crippen LogP contribution in [0, 0.1) is 6.92 Å². The first-order valence-electron chi connectivity index (χ1n) is 5.94. The highest BCUT2D eigenvalue weighted by Crippen LogP contribution is 2.32. The van der Waals surface area contributed by atoms with Crippen LogP contribution in [-0.4, -0.2) is 10.1 Å². The van der Waals surface area contributed by atoms with E-state index in [1.807, 2.05) is 31.2 Å². The molecule has 2 aromatic carbocycles. The number of hydrogen-bond donors (Lipinski definition) is 2. The molecule has 0 bridgehead atoms. The summed E-state index contributed by atoms with van der Waals surface area (Å²) in [6, 6.07) is 11.1. The van der Waals surface area contributed by atoms with E-state index >= 15 is 0 Å². The maximum Gasteiger partial charge on any atom is 0.266 e. The van der Waals surface area contributed by atoms with Crippen LogP contribution in [0.2, 0.25) is 5.02 Å². The Kier molecular flexibility index (Phi) is 3.23. The Morgan fingerprint density at radius 1 is 1.05 bits per heavy atom. The highest BCUT2D eigenvalue weighted by atomic mass is 35.5. The van der Waals surface area contributed by atoms with Crippen LogP contribution in [0.4, 0.5) is 5.69 Å². The molecule has 4 nitrogen and oxygen atoms in total. The third-order valence-corrected chi connectivity index (χ3v) is 4.18. The van der Waals surface area contributed by atoms with Crippen LogP contribution in [0.5, 0.6) is 0 Å². The van der Waals surface area contributed by atoms with E-state index in [-0.39, 0.29) is 5.91 Å². The largest absolute Gasteiger partial charge is 0.287 e. The zero-order valence-electron chi connectivity index (χ0n) is 10.6. The Balaban J connectivity index is 2.11. The minimum absolute atomic E-state index is 0.359. The molecule has 0 spiro atoms. The lowest BCUT2D eigenvalue weighted by molar-refractivity contribution is 0.0982. The van der Waals surface area contributed by atoms with E-state index in [4.69, 9.17) is 11.6 Å². The molecule has 1 aliphatic rings. The highest BCUT2D eigenvalue weighted by molar-refractivity contribution is 7.85. The van der Waals surface area contributed by atoms with Gasteiger partial charge >= 0.3 is 0 Å². The predicted octanol–water partition coefficient (Wildman–Crippen LogP) is 3.05. The monoisotopic (exact) mass is 306 g/mol. The van der Waals surface area contributed by atoms with Gasteiger partial charge in [-0.25, -0.2) is 4.21 Å². The first-order chi connectivity index (χ1) is 9.54. The number of benzene rings is 2. The lowest BCUT2D eigenvalue weighted by Gasteiger charge is -2.18. The van der Waals surface area contributed by atoms with Gasteiger partial charge < -0.3 is 0 Å². The second-order valence-electron chi connectivity index (χ2n) is 4.55. The summed E-state index contributed by atoms with van der Waals surface area (Å²) in [7, 11) is 0. The van der Waals surface area contributed by atoms with Gasteiger partial charge in [0.25, 0.3) is 5.91 Å². The fourth-order valence-corrected chi connectivity index (χ4v) is 3.16. The van der Waals surface area contributed by atoms with Gasteiger partial charge in [-0.05, 0) is 36.2 Å². The maximum atomic E-state index is 11.8. The number of aryl methyl sites for hydroxylation is 1. The molecule has 0 aliphatic carbocycles. The van der Waals surface area contributed by atoms with Gasteiger partial charge in [0.05, 0.1) is 11.3 Å². The molecule has 0 saturated carbocycles. The zero-order valence-corrected chi connectivity index (χ0v) is 12.1. The molecule has 2 N–H and O–H groups in total. The fourth-order valence-electron chi connectivity index (χ4n) is 2.11. The summed E-state index contributed by atoms with van der Waals surface area (Å²) in [5.41, 5.74) is 3.79. The summed E-state index contributed by atoms with van der Waals surface area (Å²) in [5, 5.41) is 0.637. The van der Waals surface area contributed by atoms with Gasteiger partial charge in [-0.1, -0.05) is 29.8 Å². The Bertz CT molecular complexity index is 746. The summed E-state index contributed by atoms with van der Waals surface area (Å²) < 4.78 is 16.4. The molecular weight excluding hydrogens is 296 g/mol. The lowest BCUT2D eigenvalue weighted by atomic mass is 10.0. The number of carbonyl (C=O) groups is 1. The minimum Gasteiger partial charge on any atom is -0.287 e. The molecule has 3 rings (SSSR count). The molecule has 1 unspecified atom stereocenters. The van der Waals surface area contributed by atoms with E-state index in [1.165, 1.54) is 0 Å². The molecule has 0 fully saturated rings. The smallest absolute Gasteiger partial charge is 0.266 e. The summed E-state index contributed by atoms with van der Waals surface area (Å²) >= 11 is 4.68. The number of carbonyl (C=O) groups excluding carboxylic acids is 1. The van der Waals surface area contributed by atoms with Crippen LogP contribution in [0.1, 0.15) is 15.9 Å². The van der Waals surface area contributed by atoms with E-state index in [9.17, 15) is 9.00 Å². The maximum absolute atomic E-state index is 11.8. The standard InChI is InChI=1S/C14H11ClN2O2S/c1-8-2-4-10(12(15)6-8)9-3-5-13-11(7-9)14(18)17-20(19)16-13/h2-7,16H,1H3,(H,17,18). The van der Waals surface area contributed by atoms with Crippen molar-refractivity contribution in [2.45, 2.75) is 6.92 Å². The van der Waals surface area contributed by atoms with E-state index in [1.54, 1.807) is 12.1 Å². The summed E-state index contributed by atoms with van der Waals surface area (Å²) in [6.45, 7) is 1.97. The first-order valence-corrected chi connectivity index (χ1v) is 7.47. The van der Waals surface area contributed by atoms with Crippen molar-refractivity contribution in [3.63, 3.8) is 0 Å². The Labute approximate surface area is 123 Å². The second-order valence-corrected chi connectivity index (χ2v) is 5.90. The van der Waals surface area contributed by atoms with Gasteiger partial charge in [-0.3, -0.25) is 14.2 Å². The van der Waals surface area contributed by atoms with Gasteiger partial charge in [0.15, 0.2) is 0 Å². The first kappa shape index (κ1) is 13.1. The van der Waals surface area contributed by atoms with E-state index in [2.05, 4.69) is 9.44 Å². The number of amides is 1. The van der Waals surface area contributed by atoms with Crippen molar-refractivity contribution in [1.82, 2.24) is 4.72 Å². The molecule has 1 heterocycles. The Morgan fingerprint density at radius 2 is 1.85 bits per heavy atom. The SMILES string of the molecule is Cc1ccc(-c2ccc3c(c2)C(=O)NS(=O)N3)c(Cl)c1. The third kappa shape index (κ3) is 2.30. The molecule has 6 heteroatoms. The molecule has 1 atom stereocenters. The number of halogens is 1. The van der Waals surface area contributed by atoms with E-state index in [0.717, 1.165) is 16.7 Å². The van der Waals surface area contributed by atoms with Crippen molar-refractivity contribution in [1.29, 1.82) is 0 Å². The molecule has 1 amide bonds. The van der Waals surface area contributed by atoms with Crippen LogP contribution >= 0.6 is 11.6 Å². The number of rotatable bonds is 1. The van der Waals surface area contributed by atoms with Crippen LogP contribution in [-0.2, 0) is 11.2 Å². The van der Waals surface area contributed by atoms with Crippen molar-refractivity contribution < 1.29 is 9.00 Å². The number of anilines is 1. The zero-order chi connectivity index (χ0) is 14.3. The van der Waals surface area contributed by atoms with Crippen LogP contribution in [0.15, 0.2) is 36.4 Å². The average molecular weight is 307 g/mol. The Hall–Kier alpha value is -1.85. The van der Waals surface area contributed by atoms with Crippen molar-refractivity contribution in [2.75, 3.05) is 4.72 Å². The van der Waals surface area contributed by atoms with Crippen LogP contribution in [0.25, 0.3) is 11.1 Å². The molecule has 0 saturated heterocycles. The Morgan fingerprint density at radius 3 is 2.60 bits per heavy atom. The minimum atomic E-state index is -1.57. The summed E-state index contributed by atoms with van der Waals surface area (Å²) in [6.07, 6.45) is 0. The fraction of sp³-hybridized carbons (Fsp3) is 0.0714. The lowest BCUT2D eigenvalue weighted by Crippen LogP contribution is -2.35. The number of hydrogen-bond acceptors (Lipinski definition) is 2. The van der Waals surface area contributed by atoms with Gasteiger partial charge in [0.1, 0.15) is 0 Å². The van der Waals surface area contributed by atoms with Crippen LogP contribution < -0.4 is 9.44 Å². The van der Waals surface area contributed by atoms with Crippen LogP contribution in [0.3, 0.4) is 0 Å². The van der Waals surface area contributed by atoms with Crippen molar-refractivity contribution in [2.24, 2.45) is 0 Å². The summed E-state index contributed by atoms with van der Waals surface area (Å²) in [5.74, 6) is -0.359. The number of fused-ring (bicyclic) bond motifs is 1. The van der Waals surface area contributed by atoms with Gasteiger partial charge in [-0.15, -0.1) is 0 Å². The molecule has 0 aromatic heterocycles. The molecule has 20 heavy (non-hydrogen) atoms. The third-order valence-electron chi connectivity index (χ3n) is 3.09. The highest BCUT2D eigenvalue weighted by Gasteiger charge is 2.21. The van der Waals surface area contributed by atoms with Gasteiger partial charge in [-0.2, -0.15) is 0 Å². The normalized spacial score (nSPS) is 17.1. The molecule has 0 radical (unpaired) electrons. The van der Waals surface area contributed by atoms with Crippen molar-refractivity contribution in [3.05, 3.63) is 52.5 Å². The molecular formula is C14H11ClN2O2S. The van der Waals surface area contributed by atoms with E-state index in [0.29, 0.717) is 16.3 Å². The van der Waals surface area contributed by atoms with E-state index < -0.39 is 11.2 Å². The van der Waals surface area contributed by atoms with Crippen molar-refractivity contribution >= 4 is 34.4 Å². The molecule has 102 valence electrons. The molecule has 1 aliphatic heterocycles. The average Bonchev–Trinajstić information content (AvgIpc) is 2.38. The summed E-state index contributed by atoms with van der Waals surface area (Å²) in [4.78, 5) is 11.8. The van der Waals surface area contributed by atoms with Gasteiger partial charge in [0.2, 0.25) is 11.2 Å². The topological polar surface area (TPSA) is 58.2 Å².